The maximum atomic E-state index is 10.9. The second kappa shape index (κ2) is 5.36. The molecule has 0 spiro atoms. The maximum Gasteiger partial charge on any atom is 0.326 e. The standard InChI is InChI=1S/C9H15NO4/c1-5(2)4-7(9(13)14)10-8(12)6(3)11/h5,7H,4H2,1-3H3,(H,10,12)(H,13,14)/t7-/m0/s1. The van der Waals surface area contributed by atoms with Crippen LogP contribution in [0.4, 0.5) is 0 Å². The molecule has 0 unspecified atom stereocenters. The fourth-order valence-corrected chi connectivity index (χ4v) is 0.953. The van der Waals surface area contributed by atoms with E-state index in [1.807, 2.05) is 13.8 Å². The molecule has 0 aliphatic rings. The van der Waals surface area contributed by atoms with Crippen LogP contribution >= 0.6 is 0 Å². The number of hydrogen-bond acceptors (Lipinski definition) is 3. The molecule has 0 heterocycles. The number of carbonyl (C=O) groups excluding carboxylic acids is 2. The van der Waals surface area contributed by atoms with Gasteiger partial charge in [0, 0.05) is 6.92 Å². The number of carbonyl (C=O) groups is 3. The van der Waals surface area contributed by atoms with E-state index in [0.717, 1.165) is 6.92 Å². The molecule has 0 saturated carbocycles. The van der Waals surface area contributed by atoms with Crippen molar-refractivity contribution in [3.05, 3.63) is 0 Å². The highest BCUT2D eigenvalue weighted by atomic mass is 16.4. The molecule has 0 bridgehead atoms. The van der Waals surface area contributed by atoms with E-state index >= 15 is 0 Å². The van der Waals surface area contributed by atoms with Crippen LogP contribution < -0.4 is 5.32 Å². The van der Waals surface area contributed by atoms with Crippen molar-refractivity contribution in [1.82, 2.24) is 5.32 Å². The zero-order valence-corrected chi connectivity index (χ0v) is 8.53. The van der Waals surface area contributed by atoms with E-state index in [9.17, 15) is 14.4 Å². The Bertz CT molecular complexity index is 247. The van der Waals surface area contributed by atoms with Gasteiger partial charge in [-0.1, -0.05) is 13.8 Å². The number of ketones is 1. The van der Waals surface area contributed by atoms with Crippen molar-refractivity contribution in [2.45, 2.75) is 33.2 Å². The molecule has 0 aliphatic heterocycles. The topological polar surface area (TPSA) is 83.5 Å². The molecule has 0 aromatic heterocycles. The quantitative estimate of drug-likeness (QED) is 0.622. The van der Waals surface area contributed by atoms with Gasteiger partial charge in [0.05, 0.1) is 0 Å². The number of carboxylic acids is 1. The van der Waals surface area contributed by atoms with Crippen LogP contribution in [0.2, 0.25) is 0 Å². The highest BCUT2D eigenvalue weighted by molar-refractivity contribution is 6.35. The van der Waals surface area contributed by atoms with E-state index in [-0.39, 0.29) is 5.92 Å². The molecule has 80 valence electrons. The highest BCUT2D eigenvalue weighted by Gasteiger charge is 2.22. The highest BCUT2D eigenvalue weighted by Crippen LogP contribution is 2.04. The minimum absolute atomic E-state index is 0.142. The Kier molecular flexibility index (Phi) is 4.83. The molecule has 1 amide bonds. The first-order valence-corrected chi connectivity index (χ1v) is 4.38. The molecule has 1 atom stereocenters. The number of amides is 1. The lowest BCUT2D eigenvalue weighted by molar-refractivity contribution is -0.144. The number of rotatable bonds is 5. The third-order valence-electron chi connectivity index (χ3n) is 1.63. The molecule has 14 heavy (non-hydrogen) atoms. The van der Waals surface area contributed by atoms with E-state index in [4.69, 9.17) is 5.11 Å². The average Bonchev–Trinajstić information content (AvgIpc) is 2.01. The summed E-state index contributed by atoms with van der Waals surface area (Å²) in [5.74, 6) is -2.50. The molecule has 5 heteroatoms. The van der Waals surface area contributed by atoms with Gasteiger partial charge in [-0.15, -0.1) is 0 Å². The third kappa shape index (κ3) is 4.59. The first-order valence-electron chi connectivity index (χ1n) is 4.38. The van der Waals surface area contributed by atoms with Crippen molar-refractivity contribution in [3.8, 4) is 0 Å². The molecule has 0 fully saturated rings. The van der Waals surface area contributed by atoms with Crippen LogP contribution in [-0.2, 0) is 14.4 Å². The molecular weight excluding hydrogens is 186 g/mol. The smallest absolute Gasteiger partial charge is 0.326 e. The second-order valence-corrected chi connectivity index (χ2v) is 3.55. The molecular formula is C9H15NO4. The summed E-state index contributed by atoms with van der Waals surface area (Å²) in [5.41, 5.74) is 0. The molecule has 5 nitrogen and oxygen atoms in total. The lowest BCUT2D eigenvalue weighted by atomic mass is 10.0. The van der Waals surface area contributed by atoms with Gasteiger partial charge in [0.25, 0.3) is 5.91 Å². The zero-order chi connectivity index (χ0) is 11.3. The van der Waals surface area contributed by atoms with Crippen LogP contribution in [0, 0.1) is 5.92 Å². The van der Waals surface area contributed by atoms with E-state index in [2.05, 4.69) is 5.32 Å². The monoisotopic (exact) mass is 201 g/mol. The van der Waals surface area contributed by atoms with E-state index < -0.39 is 23.7 Å². The Hall–Kier alpha value is -1.39. The van der Waals surface area contributed by atoms with Gasteiger partial charge >= 0.3 is 5.97 Å². The SMILES string of the molecule is CC(=O)C(=O)N[C@@H](CC(C)C)C(=O)O. The minimum Gasteiger partial charge on any atom is -0.480 e. The number of aliphatic carboxylic acids is 1. The molecule has 0 radical (unpaired) electrons. The fraction of sp³-hybridized carbons (Fsp3) is 0.667. The Morgan fingerprint density at radius 3 is 2.07 bits per heavy atom. The molecule has 0 saturated heterocycles. The lowest BCUT2D eigenvalue weighted by Crippen LogP contribution is -2.44. The lowest BCUT2D eigenvalue weighted by Gasteiger charge is -2.15. The van der Waals surface area contributed by atoms with Gasteiger partial charge in [0.1, 0.15) is 6.04 Å². The summed E-state index contributed by atoms with van der Waals surface area (Å²) in [6, 6.07) is -0.980. The van der Waals surface area contributed by atoms with Crippen LogP contribution in [0.25, 0.3) is 0 Å². The summed E-state index contributed by atoms with van der Waals surface area (Å²) >= 11 is 0. The molecule has 2 N–H and O–H groups in total. The van der Waals surface area contributed by atoms with Crippen LogP contribution in [0.5, 0.6) is 0 Å². The average molecular weight is 201 g/mol. The summed E-state index contributed by atoms with van der Waals surface area (Å²) < 4.78 is 0. The molecule has 0 aliphatic carbocycles. The second-order valence-electron chi connectivity index (χ2n) is 3.55. The Labute approximate surface area is 82.5 Å². The Morgan fingerprint density at radius 2 is 1.79 bits per heavy atom. The first kappa shape index (κ1) is 12.6. The van der Waals surface area contributed by atoms with Crippen LogP contribution in [0.15, 0.2) is 0 Å². The van der Waals surface area contributed by atoms with Crippen molar-refractivity contribution >= 4 is 17.7 Å². The predicted molar refractivity (Wildman–Crippen MR) is 49.7 cm³/mol. The fourth-order valence-electron chi connectivity index (χ4n) is 0.953. The Morgan fingerprint density at radius 1 is 1.29 bits per heavy atom. The van der Waals surface area contributed by atoms with Crippen molar-refractivity contribution in [2.75, 3.05) is 0 Å². The molecule has 0 aromatic rings. The normalized spacial score (nSPS) is 12.3. The van der Waals surface area contributed by atoms with Crippen molar-refractivity contribution in [3.63, 3.8) is 0 Å². The summed E-state index contributed by atoms with van der Waals surface area (Å²) in [4.78, 5) is 32.2. The third-order valence-corrected chi connectivity index (χ3v) is 1.63. The largest absolute Gasteiger partial charge is 0.480 e. The van der Waals surface area contributed by atoms with Gasteiger partial charge in [-0.05, 0) is 12.3 Å². The van der Waals surface area contributed by atoms with E-state index in [0.29, 0.717) is 6.42 Å². The van der Waals surface area contributed by atoms with Gasteiger partial charge in [-0.3, -0.25) is 9.59 Å². The molecule has 0 aromatic carbocycles. The zero-order valence-electron chi connectivity index (χ0n) is 8.53. The van der Waals surface area contributed by atoms with Crippen molar-refractivity contribution in [1.29, 1.82) is 0 Å². The van der Waals surface area contributed by atoms with Crippen molar-refractivity contribution < 1.29 is 19.5 Å². The van der Waals surface area contributed by atoms with Gasteiger partial charge in [-0.25, -0.2) is 4.79 Å². The number of carboxylic acid groups (broad SMARTS) is 1. The first-order chi connectivity index (χ1) is 6.34. The van der Waals surface area contributed by atoms with Gasteiger partial charge in [-0.2, -0.15) is 0 Å². The number of Topliss-reactive ketones (excluding diaryl/α,β-unsaturated/α-hetero) is 1. The Balaban J connectivity index is 4.31. The van der Waals surface area contributed by atoms with Crippen molar-refractivity contribution in [2.24, 2.45) is 5.92 Å². The number of hydrogen-bond donors (Lipinski definition) is 2. The summed E-state index contributed by atoms with van der Waals surface area (Å²) in [6.07, 6.45) is 0.314. The summed E-state index contributed by atoms with van der Waals surface area (Å²) in [5, 5.41) is 10.9. The number of nitrogens with one attached hydrogen (secondary N) is 1. The van der Waals surface area contributed by atoms with E-state index in [1.54, 1.807) is 0 Å². The van der Waals surface area contributed by atoms with Gasteiger partial charge < -0.3 is 10.4 Å². The van der Waals surface area contributed by atoms with Crippen LogP contribution in [0.3, 0.4) is 0 Å². The van der Waals surface area contributed by atoms with Crippen LogP contribution in [-0.4, -0.2) is 28.8 Å². The minimum atomic E-state index is -1.12. The van der Waals surface area contributed by atoms with E-state index in [1.165, 1.54) is 0 Å². The van der Waals surface area contributed by atoms with Gasteiger partial charge in [0.2, 0.25) is 5.78 Å². The molecule has 0 rings (SSSR count). The van der Waals surface area contributed by atoms with Gasteiger partial charge in [0.15, 0.2) is 0 Å². The summed E-state index contributed by atoms with van der Waals surface area (Å²) in [7, 11) is 0. The van der Waals surface area contributed by atoms with Crippen LogP contribution in [0.1, 0.15) is 27.2 Å². The maximum absolute atomic E-state index is 10.9. The predicted octanol–water partition coefficient (Wildman–Crippen LogP) is 0.191. The summed E-state index contributed by atoms with van der Waals surface area (Å²) in [6.45, 7) is 4.79.